The van der Waals surface area contributed by atoms with E-state index >= 15 is 0 Å². The van der Waals surface area contributed by atoms with Crippen LogP contribution in [0.1, 0.15) is 0 Å². The molecular formula is C24H16O2P2. The fraction of sp³-hybridized carbons (Fsp3) is 0. The molecule has 4 aromatic rings. The van der Waals surface area contributed by atoms with Gasteiger partial charge in [-0.1, -0.05) is 97.1 Å². The Kier molecular flexibility index (Phi) is 3.17. The van der Waals surface area contributed by atoms with E-state index < -0.39 is 14.3 Å². The minimum Gasteiger partial charge on any atom is -0.309 e. The van der Waals surface area contributed by atoms with Gasteiger partial charge in [-0.3, -0.25) is 0 Å². The van der Waals surface area contributed by atoms with Crippen molar-refractivity contribution in [2.24, 2.45) is 0 Å². The van der Waals surface area contributed by atoms with Crippen LogP contribution in [0.2, 0.25) is 0 Å². The van der Waals surface area contributed by atoms with E-state index in [4.69, 9.17) is 0 Å². The highest BCUT2D eigenvalue weighted by Gasteiger charge is 2.51. The lowest BCUT2D eigenvalue weighted by Crippen LogP contribution is -2.28. The third-order valence-electron chi connectivity index (χ3n) is 5.89. The zero-order valence-electron chi connectivity index (χ0n) is 14.9. The van der Waals surface area contributed by atoms with E-state index in [1.54, 1.807) is 0 Å². The Bertz CT molecular complexity index is 1200. The van der Waals surface area contributed by atoms with Crippen molar-refractivity contribution in [3.05, 3.63) is 97.1 Å². The molecule has 0 fully saturated rings. The molecule has 4 heteroatoms. The highest BCUT2D eigenvalue weighted by atomic mass is 31.2. The van der Waals surface area contributed by atoms with Gasteiger partial charge in [0.2, 0.25) is 0 Å². The van der Waals surface area contributed by atoms with Gasteiger partial charge in [0.1, 0.15) is 0 Å². The van der Waals surface area contributed by atoms with Crippen LogP contribution in [0.3, 0.4) is 0 Å². The second-order valence-electron chi connectivity index (χ2n) is 7.23. The van der Waals surface area contributed by atoms with Crippen molar-refractivity contribution in [3.8, 4) is 11.1 Å². The summed E-state index contributed by atoms with van der Waals surface area (Å²) in [5, 5.41) is 4.97. The Morgan fingerprint density at radius 3 is 1.04 bits per heavy atom. The molecule has 0 aliphatic carbocycles. The molecule has 0 amide bonds. The predicted octanol–water partition coefficient (Wildman–Crippen LogP) is 3.26. The maximum atomic E-state index is 14.5. The van der Waals surface area contributed by atoms with Gasteiger partial charge >= 0.3 is 0 Å². The quantitative estimate of drug-likeness (QED) is 0.420. The monoisotopic (exact) mass is 398 g/mol. The van der Waals surface area contributed by atoms with Gasteiger partial charge in [-0.05, 0) is 0 Å². The Morgan fingerprint density at radius 1 is 0.393 bits per heavy atom. The maximum absolute atomic E-state index is 14.5. The molecule has 2 aliphatic rings. The lowest BCUT2D eigenvalue weighted by Gasteiger charge is -2.21. The van der Waals surface area contributed by atoms with Gasteiger partial charge in [0.15, 0.2) is 14.3 Å². The summed E-state index contributed by atoms with van der Waals surface area (Å²) in [7, 11) is -5.92. The molecule has 134 valence electrons. The molecule has 4 aromatic carbocycles. The topological polar surface area (TPSA) is 34.1 Å². The van der Waals surface area contributed by atoms with Gasteiger partial charge in [-0.15, -0.1) is 0 Å². The van der Waals surface area contributed by atoms with Gasteiger partial charge in [0, 0.05) is 43.0 Å². The van der Waals surface area contributed by atoms with E-state index in [-0.39, 0.29) is 0 Å². The largest absolute Gasteiger partial charge is 0.309 e. The van der Waals surface area contributed by atoms with Crippen LogP contribution in [0.5, 0.6) is 0 Å². The van der Waals surface area contributed by atoms with Gasteiger partial charge in [-0.25, -0.2) is 0 Å². The van der Waals surface area contributed by atoms with Gasteiger partial charge < -0.3 is 9.13 Å². The lowest BCUT2D eigenvalue weighted by molar-refractivity contribution is 0.592. The molecule has 2 aliphatic heterocycles. The third kappa shape index (κ3) is 1.76. The van der Waals surface area contributed by atoms with E-state index in [1.165, 1.54) is 0 Å². The molecule has 0 spiro atoms. The average Bonchev–Trinajstić information content (AvgIpc) is 3.20. The normalized spacial score (nSPS) is 16.7. The fourth-order valence-electron chi connectivity index (χ4n) is 4.71. The first-order valence-electron chi connectivity index (χ1n) is 9.27. The summed E-state index contributed by atoms with van der Waals surface area (Å²) in [6, 6.07) is 31.0. The zero-order valence-corrected chi connectivity index (χ0v) is 16.7. The van der Waals surface area contributed by atoms with Crippen molar-refractivity contribution in [3.63, 3.8) is 0 Å². The molecule has 0 unspecified atom stereocenters. The smallest absolute Gasteiger partial charge is 0.172 e. The molecule has 0 aromatic heterocycles. The summed E-state index contributed by atoms with van der Waals surface area (Å²) < 4.78 is 29.0. The van der Waals surface area contributed by atoms with Gasteiger partial charge in [0.05, 0.1) is 0 Å². The van der Waals surface area contributed by atoms with E-state index in [0.717, 1.165) is 43.0 Å². The summed E-state index contributed by atoms with van der Waals surface area (Å²) in [4.78, 5) is 0. The van der Waals surface area contributed by atoms with Crippen LogP contribution < -0.4 is 31.8 Å². The minimum atomic E-state index is -2.96. The van der Waals surface area contributed by atoms with E-state index in [2.05, 4.69) is 0 Å². The first kappa shape index (κ1) is 16.3. The van der Waals surface area contributed by atoms with Crippen LogP contribution in [0.25, 0.3) is 11.1 Å². The average molecular weight is 398 g/mol. The van der Waals surface area contributed by atoms with Gasteiger partial charge in [-0.2, -0.15) is 0 Å². The Balaban J connectivity index is 1.77. The van der Waals surface area contributed by atoms with Crippen LogP contribution >= 0.6 is 14.3 Å². The van der Waals surface area contributed by atoms with Crippen molar-refractivity contribution in [2.75, 3.05) is 0 Å². The van der Waals surface area contributed by atoms with Crippen LogP contribution in [0.4, 0.5) is 0 Å². The van der Waals surface area contributed by atoms with Crippen molar-refractivity contribution in [1.82, 2.24) is 0 Å². The highest BCUT2D eigenvalue weighted by Crippen LogP contribution is 2.60. The highest BCUT2D eigenvalue weighted by molar-refractivity contribution is 7.89. The molecule has 28 heavy (non-hydrogen) atoms. The van der Waals surface area contributed by atoms with E-state index in [9.17, 15) is 9.13 Å². The van der Waals surface area contributed by atoms with E-state index in [1.807, 2.05) is 97.1 Å². The molecule has 2 nitrogen and oxygen atoms in total. The summed E-state index contributed by atoms with van der Waals surface area (Å²) in [6.07, 6.45) is 0. The molecule has 0 radical (unpaired) electrons. The Labute approximate surface area is 163 Å². The Morgan fingerprint density at radius 2 is 0.714 bits per heavy atom. The van der Waals surface area contributed by atoms with Crippen LogP contribution in [0.15, 0.2) is 97.1 Å². The zero-order chi connectivity index (χ0) is 18.9. The standard InChI is InChI=1S/C24H16O2P2/c25-27(17-9-3-1-4-10-17)19-13-7-15-21-23(19)24-20(27)14-8-16-22(24)28(21,26)18-11-5-2-6-12-18/h1-16H. The Hall–Kier alpha value is -2.66. The summed E-state index contributed by atoms with van der Waals surface area (Å²) in [5.41, 5.74) is 1.87. The first-order chi connectivity index (χ1) is 13.7. The second-order valence-corrected chi connectivity index (χ2v) is 12.6. The van der Waals surface area contributed by atoms with Crippen molar-refractivity contribution in [1.29, 1.82) is 0 Å². The van der Waals surface area contributed by atoms with Gasteiger partial charge in [0.25, 0.3) is 0 Å². The third-order valence-corrected chi connectivity index (χ3v) is 12.1. The molecule has 0 bridgehead atoms. The summed E-state index contributed by atoms with van der Waals surface area (Å²) in [6.45, 7) is 0. The van der Waals surface area contributed by atoms with Crippen molar-refractivity contribution in [2.45, 2.75) is 0 Å². The first-order valence-corrected chi connectivity index (χ1v) is 12.7. The predicted molar refractivity (Wildman–Crippen MR) is 118 cm³/mol. The summed E-state index contributed by atoms with van der Waals surface area (Å²) in [5.74, 6) is 0. The number of hydrogen-bond donors (Lipinski definition) is 0. The fourth-order valence-corrected chi connectivity index (χ4v) is 11.1. The maximum Gasteiger partial charge on any atom is 0.172 e. The molecule has 2 heterocycles. The number of hydrogen-bond acceptors (Lipinski definition) is 2. The second kappa shape index (κ2) is 5.45. The summed E-state index contributed by atoms with van der Waals surface area (Å²) >= 11 is 0. The van der Waals surface area contributed by atoms with Crippen LogP contribution in [-0.2, 0) is 9.13 Å². The lowest BCUT2D eigenvalue weighted by atomic mass is 10.1. The molecular weight excluding hydrogens is 382 g/mol. The minimum absolute atomic E-state index is 0.826. The van der Waals surface area contributed by atoms with Crippen molar-refractivity contribution >= 4 is 46.1 Å². The van der Waals surface area contributed by atoms with E-state index in [0.29, 0.717) is 0 Å². The van der Waals surface area contributed by atoms with Crippen LogP contribution in [-0.4, -0.2) is 0 Å². The molecule has 0 saturated carbocycles. The molecule has 0 atom stereocenters. The molecule has 6 rings (SSSR count). The molecule has 0 N–H and O–H groups in total. The van der Waals surface area contributed by atoms with Crippen molar-refractivity contribution < 1.29 is 9.13 Å². The molecule has 0 saturated heterocycles. The number of benzene rings is 4. The number of rotatable bonds is 2. The van der Waals surface area contributed by atoms with Crippen LogP contribution in [0, 0.1) is 0 Å². The SMILES string of the molecule is O=P1(c2ccccc2)c2cccc3c2-c2c1cccc2P3(=O)c1ccccc1.